The van der Waals surface area contributed by atoms with Crippen LogP contribution in [0.5, 0.6) is 0 Å². The van der Waals surface area contributed by atoms with Crippen LogP contribution < -0.4 is 10.6 Å². The van der Waals surface area contributed by atoms with E-state index < -0.39 is 17.5 Å². The molecule has 0 aliphatic rings. The van der Waals surface area contributed by atoms with Gasteiger partial charge in [0.2, 0.25) is 5.91 Å². The summed E-state index contributed by atoms with van der Waals surface area (Å²) < 4.78 is 26.4. The average molecular weight is 394 g/mol. The molecule has 3 aromatic rings. The fraction of sp³-hybridized carbons (Fsp3) is 0.130. The number of hydrogen-bond donors (Lipinski definition) is 2. The maximum Gasteiger partial charge on any atom is 0.254 e. The Morgan fingerprint density at radius 2 is 1.52 bits per heavy atom. The van der Waals surface area contributed by atoms with E-state index >= 15 is 0 Å². The van der Waals surface area contributed by atoms with E-state index in [1.54, 1.807) is 0 Å². The molecular formula is C23H20F2N2O2. The fourth-order valence-electron chi connectivity index (χ4n) is 2.82. The zero-order valence-corrected chi connectivity index (χ0v) is 15.6. The van der Waals surface area contributed by atoms with E-state index in [-0.39, 0.29) is 24.4 Å². The Balaban J connectivity index is 1.42. The SMILES string of the molecule is O=C(CCCNC(=O)c1ccc(F)cc1F)Nc1ccc(-c2ccccc2)cc1. The number of halogens is 2. The maximum absolute atomic E-state index is 13.6. The molecule has 2 amide bonds. The van der Waals surface area contributed by atoms with E-state index in [0.29, 0.717) is 18.2 Å². The summed E-state index contributed by atoms with van der Waals surface area (Å²) in [6.07, 6.45) is 0.592. The Morgan fingerprint density at radius 3 is 2.21 bits per heavy atom. The molecule has 0 spiro atoms. The number of hydrogen-bond acceptors (Lipinski definition) is 2. The first kappa shape index (κ1) is 20.2. The van der Waals surface area contributed by atoms with Gasteiger partial charge in [0.05, 0.1) is 5.56 Å². The summed E-state index contributed by atoms with van der Waals surface area (Å²) in [4.78, 5) is 23.9. The van der Waals surface area contributed by atoms with Crippen LogP contribution in [0, 0.1) is 11.6 Å². The van der Waals surface area contributed by atoms with Gasteiger partial charge in [-0.1, -0.05) is 42.5 Å². The highest BCUT2D eigenvalue weighted by Crippen LogP contribution is 2.21. The predicted molar refractivity (Wildman–Crippen MR) is 108 cm³/mol. The molecule has 0 radical (unpaired) electrons. The number of benzene rings is 3. The van der Waals surface area contributed by atoms with Gasteiger partial charge in [0.15, 0.2) is 0 Å². The molecule has 0 fully saturated rings. The molecule has 3 aromatic carbocycles. The minimum atomic E-state index is -0.917. The molecule has 0 aromatic heterocycles. The number of amides is 2. The Hall–Kier alpha value is -3.54. The third kappa shape index (κ3) is 5.72. The zero-order chi connectivity index (χ0) is 20.6. The molecule has 0 atom stereocenters. The van der Waals surface area contributed by atoms with Crippen molar-refractivity contribution >= 4 is 17.5 Å². The lowest BCUT2D eigenvalue weighted by atomic mass is 10.1. The second-order valence-electron chi connectivity index (χ2n) is 6.48. The number of nitrogens with one attached hydrogen (secondary N) is 2. The number of carbonyl (C=O) groups excluding carboxylic acids is 2. The van der Waals surface area contributed by atoms with E-state index in [2.05, 4.69) is 10.6 Å². The van der Waals surface area contributed by atoms with E-state index in [1.165, 1.54) is 0 Å². The third-order valence-corrected chi connectivity index (χ3v) is 4.32. The fourth-order valence-corrected chi connectivity index (χ4v) is 2.82. The monoisotopic (exact) mass is 394 g/mol. The Bertz CT molecular complexity index is 990. The van der Waals surface area contributed by atoms with Gasteiger partial charge >= 0.3 is 0 Å². The Morgan fingerprint density at radius 1 is 0.828 bits per heavy atom. The van der Waals surface area contributed by atoms with Gasteiger partial charge in [0, 0.05) is 24.7 Å². The summed E-state index contributed by atoms with van der Waals surface area (Å²) in [6, 6.07) is 20.2. The molecule has 29 heavy (non-hydrogen) atoms. The van der Waals surface area contributed by atoms with E-state index in [9.17, 15) is 18.4 Å². The van der Waals surface area contributed by atoms with Gasteiger partial charge in [-0.15, -0.1) is 0 Å². The summed E-state index contributed by atoms with van der Waals surface area (Å²) in [5, 5.41) is 5.33. The maximum atomic E-state index is 13.6. The largest absolute Gasteiger partial charge is 0.352 e. The Labute approximate surface area is 167 Å². The van der Waals surface area contributed by atoms with Gasteiger partial charge in [0.25, 0.3) is 5.91 Å². The quantitative estimate of drug-likeness (QED) is 0.567. The summed E-state index contributed by atoms with van der Waals surface area (Å²) in [7, 11) is 0. The molecule has 2 N–H and O–H groups in total. The van der Waals surface area contributed by atoms with Crippen LogP contribution in [0.1, 0.15) is 23.2 Å². The van der Waals surface area contributed by atoms with Crippen LogP contribution >= 0.6 is 0 Å². The lowest BCUT2D eigenvalue weighted by molar-refractivity contribution is -0.116. The van der Waals surface area contributed by atoms with Crippen molar-refractivity contribution in [3.63, 3.8) is 0 Å². The molecule has 0 aliphatic heterocycles. The van der Waals surface area contributed by atoms with Crippen molar-refractivity contribution in [2.24, 2.45) is 0 Å². The molecule has 148 valence electrons. The topological polar surface area (TPSA) is 58.2 Å². The summed E-state index contributed by atoms with van der Waals surface area (Å²) in [5.41, 5.74) is 2.61. The normalized spacial score (nSPS) is 10.4. The first-order chi connectivity index (χ1) is 14.0. The predicted octanol–water partition coefficient (Wildman–Crippen LogP) is 4.78. The first-order valence-corrected chi connectivity index (χ1v) is 9.21. The number of carbonyl (C=O) groups is 2. The second kappa shape index (κ2) is 9.59. The minimum Gasteiger partial charge on any atom is -0.352 e. The molecule has 4 nitrogen and oxygen atoms in total. The van der Waals surface area contributed by atoms with Crippen molar-refractivity contribution in [1.82, 2.24) is 5.32 Å². The lowest BCUT2D eigenvalue weighted by Crippen LogP contribution is -2.26. The highest BCUT2D eigenvalue weighted by atomic mass is 19.1. The van der Waals surface area contributed by atoms with Crippen LogP contribution in [-0.4, -0.2) is 18.4 Å². The van der Waals surface area contributed by atoms with Gasteiger partial charge in [0.1, 0.15) is 11.6 Å². The molecular weight excluding hydrogens is 374 g/mol. The molecule has 6 heteroatoms. The second-order valence-corrected chi connectivity index (χ2v) is 6.48. The Kier molecular flexibility index (Phi) is 6.68. The molecule has 3 rings (SSSR count). The van der Waals surface area contributed by atoms with Crippen molar-refractivity contribution in [1.29, 1.82) is 0 Å². The lowest BCUT2D eigenvalue weighted by Gasteiger charge is -2.08. The molecule has 0 saturated heterocycles. The number of anilines is 1. The van der Waals surface area contributed by atoms with Crippen LogP contribution in [0.3, 0.4) is 0 Å². The molecule has 0 aliphatic carbocycles. The zero-order valence-electron chi connectivity index (χ0n) is 15.6. The van der Waals surface area contributed by atoms with Crippen LogP contribution in [0.4, 0.5) is 14.5 Å². The molecule has 0 bridgehead atoms. The average Bonchev–Trinajstić information content (AvgIpc) is 2.72. The van der Waals surface area contributed by atoms with Gasteiger partial charge in [-0.2, -0.15) is 0 Å². The van der Waals surface area contributed by atoms with Crippen LogP contribution in [-0.2, 0) is 4.79 Å². The van der Waals surface area contributed by atoms with E-state index in [1.807, 2.05) is 54.6 Å². The van der Waals surface area contributed by atoms with Crippen molar-refractivity contribution < 1.29 is 18.4 Å². The van der Waals surface area contributed by atoms with E-state index in [4.69, 9.17) is 0 Å². The molecule has 0 unspecified atom stereocenters. The third-order valence-electron chi connectivity index (χ3n) is 4.32. The van der Waals surface area contributed by atoms with Gasteiger partial charge < -0.3 is 10.6 Å². The van der Waals surface area contributed by atoms with Crippen molar-refractivity contribution in [2.75, 3.05) is 11.9 Å². The van der Waals surface area contributed by atoms with E-state index in [0.717, 1.165) is 23.3 Å². The first-order valence-electron chi connectivity index (χ1n) is 9.21. The summed E-state index contributed by atoms with van der Waals surface area (Å²) in [5.74, 6) is -2.48. The smallest absolute Gasteiger partial charge is 0.254 e. The van der Waals surface area contributed by atoms with Crippen molar-refractivity contribution in [3.8, 4) is 11.1 Å². The van der Waals surface area contributed by atoms with Gasteiger partial charge in [-0.3, -0.25) is 9.59 Å². The minimum absolute atomic E-state index is 0.181. The standard InChI is InChI=1S/C23H20F2N2O2/c24-18-10-13-20(21(25)15-18)23(29)26-14-4-7-22(28)27-19-11-8-17(9-12-19)16-5-2-1-3-6-16/h1-3,5-6,8-13,15H,4,7,14H2,(H,26,29)(H,27,28). The molecule has 0 heterocycles. The van der Waals surface area contributed by atoms with Crippen molar-refractivity contribution in [3.05, 3.63) is 90.0 Å². The number of rotatable bonds is 7. The molecule has 0 saturated carbocycles. The van der Waals surface area contributed by atoms with Crippen LogP contribution in [0.2, 0.25) is 0 Å². The van der Waals surface area contributed by atoms with Gasteiger partial charge in [-0.25, -0.2) is 8.78 Å². The highest BCUT2D eigenvalue weighted by molar-refractivity contribution is 5.94. The van der Waals surface area contributed by atoms with Crippen LogP contribution in [0.25, 0.3) is 11.1 Å². The van der Waals surface area contributed by atoms with Crippen LogP contribution in [0.15, 0.2) is 72.8 Å². The van der Waals surface area contributed by atoms with Gasteiger partial charge in [-0.05, 0) is 41.8 Å². The highest BCUT2D eigenvalue weighted by Gasteiger charge is 2.12. The van der Waals surface area contributed by atoms with Crippen molar-refractivity contribution in [2.45, 2.75) is 12.8 Å². The summed E-state index contributed by atoms with van der Waals surface area (Å²) in [6.45, 7) is 0.204. The summed E-state index contributed by atoms with van der Waals surface area (Å²) >= 11 is 0.